The summed E-state index contributed by atoms with van der Waals surface area (Å²) in [4.78, 5) is 40.9. The highest BCUT2D eigenvalue weighted by molar-refractivity contribution is 6.06. The molecule has 3 heterocycles. The first kappa shape index (κ1) is 15.2. The molecule has 8 nitrogen and oxygen atoms in total. The van der Waals surface area contributed by atoms with Gasteiger partial charge in [-0.2, -0.15) is 15.4 Å². The largest absolute Gasteiger partial charge is 0.334 e. The van der Waals surface area contributed by atoms with Gasteiger partial charge in [-0.25, -0.2) is 0 Å². The van der Waals surface area contributed by atoms with Crippen LogP contribution < -0.4 is 0 Å². The number of allylic oxidation sites excluding steroid dienone is 2. The van der Waals surface area contributed by atoms with Gasteiger partial charge in [0.15, 0.2) is 0 Å². The van der Waals surface area contributed by atoms with E-state index < -0.39 is 0 Å². The molecule has 2 fully saturated rings. The summed E-state index contributed by atoms with van der Waals surface area (Å²) in [6.45, 7) is 0.778. The van der Waals surface area contributed by atoms with Crippen molar-refractivity contribution in [3.8, 4) is 0 Å². The van der Waals surface area contributed by atoms with Crippen molar-refractivity contribution in [2.75, 3.05) is 13.1 Å². The predicted octanol–water partition coefficient (Wildman–Crippen LogP) is 0.733. The van der Waals surface area contributed by atoms with Gasteiger partial charge < -0.3 is 4.90 Å². The third-order valence-corrected chi connectivity index (χ3v) is 5.62. The molecule has 1 aromatic heterocycles. The number of hydrogen-bond donors (Lipinski definition) is 1. The Bertz CT molecular complexity index is 933. The van der Waals surface area contributed by atoms with Crippen molar-refractivity contribution in [3.63, 3.8) is 0 Å². The van der Waals surface area contributed by atoms with E-state index in [0.717, 1.165) is 0 Å². The zero-order valence-corrected chi connectivity index (χ0v) is 14.0. The minimum atomic E-state index is -0.216. The Balaban J connectivity index is 1.29. The van der Waals surface area contributed by atoms with Crippen LogP contribution >= 0.6 is 0 Å². The van der Waals surface area contributed by atoms with Crippen molar-refractivity contribution in [2.45, 2.75) is 18.9 Å². The van der Waals surface area contributed by atoms with E-state index in [1.165, 1.54) is 4.90 Å². The Labute approximate surface area is 148 Å². The fourth-order valence-corrected chi connectivity index (χ4v) is 4.13. The van der Waals surface area contributed by atoms with E-state index in [1.807, 2.05) is 12.2 Å². The van der Waals surface area contributed by atoms with Crippen molar-refractivity contribution >= 4 is 28.8 Å². The van der Waals surface area contributed by atoms with Gasteiger partial charge in [0.2, 0.25) is 11.8 Å². The van der Waals surface area contributed by atoms with Gasteiger partial charge in [0.25, 0.3) is 5.91 Å². The molecule has 1 aromatic carbocycles. The number of benzene rings is 1. The van der Waals surface area contributed by atoms with Gasteiger partial charge in [-0.15, -0.1) is 0 Å². The number of carbonyl (C=O) groups excluding carboxylic acids is 3. The minimum absolute atomic E-state index is 0.0783. The minimum Gasteiger partial charge on any atom is -0.334 e. The third-order valence-electron chi connectivity index (χ3n) is 5.62. The first-order valence-corrected chi connectivity index (χ1v) is 8.75. The van der Waals surface area contributed by atoms with Gasteiger partial charge >= 0.3 is 0 Å². The van der Waals surface area contributed by atoms with E-state index in [9.17, 15) is 14.4 Å². The second kappa shape index (κ2) is 5.48. The summed E-state index contributed by atoms with van der Waals surface area (Å²) in [5.74, 6) is -0.709. The Morgan fingerprint density at radius 1 is 1.00 bits per heavy atom. The molecule has 3 aliphatic rings. The van der Waals surface area contributed by atoms with E-state index >= 15 is 0 Å². The van der Waals surface area contributed by atoms with Crippen molar-refractivity contribution in [3.05, 3.63) is 35.9 Å². The molecule has 2 aromatic rings. The number of imide groups is 1. The van der Waals surface area contributed by atoms with Crippen molar-refractivity contribution in [2.24, 2.45) is 11.8 Å². The second-order valence-corrected chi connectivity index (χ2v) is 7.09. The molecule has 0 radical (unpaired) electrons. The lowest BCUT2D eigenvalue weighted by Crippen LogP contribution is -2.62. The Morgan fingerprint density at radius 3 is 2.35 bits per heavy atom. The molecular weight excluding hydrogens is 334 g/mol. The Hall–Kier alpha value is -3.03. The van der Waals surface area contributed by atoms with Gasteiger partial charge in [0.05, 0.1) is 17.9 Å². The summed E-state index contributed by atoms with van der Waals surface area (Å²) >= 11 is 0. The molecule has 26 heavy (non-hydrogen) atoms. The van der Waals surface area contributed by atoms with Crippen LogP contribution in [0.1, 0.15) is 23.2 Å². The molecular formula is C18H17N5O3. The molecule has 0 spiro atoms. The number of aromatic amines is 1. The molecule has 1 aliphatic carbocycles. The summed E-state index contributed by atoms with van der Waals surface area (Å²) in [5, 5.41) is 10.5. The topological polar surface area (TPSA) is 99.3 Å². The van der Waals surface area contributed by atoms with Gasteiger partial charge in [-0.3, -0.25) is 19.3 Å². The molecule has 0 saturated carbocycles. The quantitative estimate of drug-likeness (QED) is 0.635. The number of carbonyl (C=O) groups is 3. The number of nitrogens with one attached hydrogen (secondary N) is 1. The van der Waals surface area contributed by atoms with Crippen LogP contribution in [-0.4, -0.2) is 62.1 Å². The van der Waals surface area contributed by atoms with Crippen molar-refractivity contribution in [1.29, 1.82) is 0 Å². The predicted molar refractivity (Wildman–Crippen MR) is 90.8 cm³/mol. The lowest BCUT2D eigenvalue weighted by atomic mass is 9.85. The van der Waals surface area contributed by atoms with Crippen LogP contribution in [0.15, 0.2) is 30.4 Å². The molecule has 2 atom stereocenters. The number of nitrogens with zero attached hydrogens (tertiary/aromatic N) is 4. The fraction of sp³-hybridized carbons (Fsp3) is 0.389. The highest BCUT2D eigenvalue weighted by Crippen LogP contribution is 2.37. The van der Waals surface area contributed by atoms with Gasteiger partial charge in [-0.05, 0) is 31.0 Å². The molecule has 0 bridgehead atoms. The average Bonchev–Trinajstić information content (AvgIpc) is 3.18. The number of fused-ring (bicyclic) bond motifs is 2. The molecule has 2 aliphatic heterocycles. The maximum absolute atomic E-state index is 12.6. The molecule has 3 amide bonds. The van der Waals surface area contributed by atoms with Crippen LogP contribution in [0.2, 0.25) is 0 Å². The first-order chi connectivity index (χ1) is 12.6. The average molecular weight is 351 g/mol. The fourth-order valence-electron chi connectivity index (χ4n) is 4.13. The lowest BCUT2D eigenvalue weighted by molar-refractivity contribution is -0.145. The van der Waals surface area contributed by atoms with E-state index in [-0.39, 0.29) is 35.6 Å². The summed E-state index contributed by atoms with van der Waals surface area (Å²) in [5.41, 5.74) is 1.86. The molecule has 2 unspecified atom stereocenters. The smallest absolute Gasteiger partial charge is 0.254 e. The van der Waals surface area contributed by atoms with Crippen molar-refractivity contribution in [1.82, 2.24) is 25.2 Å². The zero-order chi connectivity index (χ0) is 17.8. The standard InChI is InChI=1S/C18H17N5O3/c24-16(10-5-6-14-15(7-10)20-21-19-14)22-8-11(9-22)23-17(25)12-3-1-2-4-13(12)18(23)26/h1-2,5-7,11-13H,3-4,8-9H2,(H,19,20,21). The Kier molecular flexibility index (Phi) is 3.22. The van der Waals surface area contributed by atoms with Gasteiger partial charge in [-0.1, -0.05) is 12.2 Å². The SMILES string of the molecule is O=C(c1ccc2n[nH]nc2c1)N1CC(N2C(=O)C3CC=CCC3C2=O)C1. The summed E-state index contributed by atoms with van der Waals surface area (Å²) in [6, 6.07) is 4.95. The van der Waals surface area contributed by atoms with Crippen LogP contribution in [0.4, 0.5) is 0 Å². The molecule has 8 heteroatoms. The van der Waals surface area contributed by atoms with E-state index in [0.29, 0.717) is 42.5 Å². The van der Waals surface area contributed by atoms with Crippen LogP contribution in [0.5, 0.6) is 0 Å². The lowest BCUT2D eigenvalue weighted by Gasteiger charge is -2.43. The maximum atomic E-state index is 12.6. The highest BCUT2D eigenvalue weighted by atomic mass is 16.2. The number of rotatable bonds is 2. The normalized spacial score (nSPS) is 25.7. The number of aromatic nitrogens is 3. The third kappa shape index (κ3) is 2.11. The first-order valence-electron chi connectivity index (χ1n) is 8.75. The van der Waals surface area contributed by atoms with E-state index in [4.69, 9.17) is 0 Å². The van der Waals surface area contributed by atoms with Gasteiger partial charge in [0, 0.05) is 18.7 Å². The molecule has 132 valence electrons. The summed E-state index contributed by atoms with van der Waals surface area (Å²) in [6.07, 6.45) is 5.23. The van der Waals surface area contributed by atoms with Crippen LogP contribution in [0, 0.1) is 11.8 Å². The maximum Gasteiger partial charge on any atom is 0.254 e. The molecule has 1 N–H and O–H groups in total. The Morgan fingerprint density at radius 2 is 1.65 bits per heavy atom. The van der Waals surface area contributed by atoms with E-state index in [2.05, 4.69) is 15.4 Å². The number of likely N-dealkylation sites (tertiary alicyclic amines) is 2. The number of amides is 3. The zero-order valence-electron chi connectivity index (χ0n) is 14.0. The van der Waals surface area contributed by atoms with Crippen LogP contribution in [-0.2, 0) is 9.59 Å². The van der Waals surface area contributed by atoms with Gasteiger partial charge in [0.1, 0.15) is 11.0 Å². The molecule has 5 rings (SSSR count). The summed E-state index contributed by atoms with van der Waals surface area (Å²) in [7, 11) is 0. The number of hydrogen-bond acceptors (Lipinski definition) is 5. The van der Waals surface area contributed by atoms with Crippen molar-refractivity contribution < 1.29 is 14.4 Å². The number of H-pyrrole nitrogens is 1. The summed E-state index contributed by atoms with van der Waals surface area (Å²) < 4.78 is 0. The van der Waals surface area contributed by atoms with Crippen LogP contribution in [0.3, 0.4) is 0 Å². The monoisotopic (exact) mass is 351 g/mol. The molecule has 2 saturated heterocycles. The highest BCUT2D eigenvalue weighted by Gasteiger charge is 2.52. The van der Waals surface area contributed by atoms with E-state index in [1.54, 1.807) is 23.1 Å². The van der Waals surface area contributed by atoms with Crippen LogP contribution in [0.25, 0.3) is 11.0 Å². The second-order valence-electron chi connectivity index (χ2n) is 7.09.